The lowest BCUT2D eigenvalue weighted by molar-refractivity contribution is -0.138. The Labute approximate surface area is 130 Å². The molecule has 0 radical (unpaired) electrons. The van der Waals surface area contributed by atoms with Crippen LogP contribution in [0.15, 0.2) is 24.4 Å². The summed E-state index contributed by atoms with van der Waals surface area (Å²) in [6.45, 7) is 2.82. The molecule has 1 aromatic heterocycles. The summed E-state index contributed by atoms with van der Waals surface area (Å²) in [6, 6.07) is 5.81. The highest BCUT2D eigenvalue weighted by molar-refractivity contribution is 6.01. The van der Waals surface area contributed by atoms with E-state index in [4.69, 9.17) is 0 Å². The lowest BCUT2D eigenvalue weighted by Gasteiger charge is -2.26. The van der Waals surface area contributed by atoms with Crippen molar-refractivity contribution in [3.63, 3.8) is 0 Å². The van der Waals surface area contributed by atoms with Crippen LogP contribution < -0.4 is 9.80 Å². The summed E-state index contributed by atoms with van der Waals surface area (Å²) in [5.74, 6) is 0.156. The number of carbonyl (C=O) groups is 1. The van der Waals surface area contributed by atoms with Gasteiger partial charge in [-0.25, -0.2) is 9.78 Å². The van der Waals surface area contributed by atoms with Gasteiger partial charge < -0.3 is 14.9 Å². The number of hydrogen-bond acceptors (Lipinski definition) is 4. The monoisotopic (exact) mass is 299 g/mol. The molecule has 22 heavy (non-hydrogen) atoms. The zero-order valence-electron chi connectivity index (χ0n) is 13.2. The van der Waals surface area contributed by atoms with E-state index in [0.29, 0.717) is 6.42 Å². The maximum atomic E-state index is 11.5. The SMILES string of the molecule is Cc1ccc2c(N3CCCC3C(=O)O)cnc(N(C)C)c2c1. The molecule has 1 saturated heterocycles. The summed E-state index contributed by atoms with van der Waals surface area (Å²) in [5, 5.41) is 11.6. The molecule has 0 amide bonds. The number of anilines is 2. The Morgan fingerprint density at radius 2 is 2.14 bits per heavy atom. The van der Waals surface area contributed by atoms with Crippen molar-refractivity contribution in [2.75, 3.05) is 30.4 Å². The minimum Gasteiger partial charge on any atom is -0.480 e. The lowest BCUT2D eigenvalue weighted by Crippen LogP contribution is -2.36. The minimum atomic E-state index is -0.755. The number of nitrogens with zero attached hydrogens (tertiary/aromatic N) is 3. The number of fused-ring (bicyclic) bond motifs is 1. The second kappa shape index (κ2) is 5.48. The van der Waals surface area contributed by atoms with Crippen LogP contribution in [0, 0.1) is 6.92 Å². The van der Waals surface area contributed by atoms with Crippen LogP contribution in [0.1, 0.15) is 18.4 Å². The third-order valence-electron chi connectivity index (χ3n) is 4.27. The van der Waals surface area contributed by atoms with Gasteiger partial charge in [-0.15, -0.1) is 0 Å². The first-order valence-corrected chi connectivity index (χ1v) is 7.55. The van der Waals surface area contributed by atoms with Gasteiger partial charge in [0.1, 0.15) is 11.9 Å². The van der Waals surface area contributed by atoms with Gasteiger partial charge in [-0.2, -0.15) is 0 Å². The standard InChI is InChI=1S/C17H21N3O2/c1-11-6-7-12-13(9-11)16(19(2)3)18-10-15(12)20-8-4-5-14(20)17(21)22/h6-7,9-10,14H,4-5,8H2,1-3H3,(H,21,22). The topological polar surface area (TPSA) is 56.7 Å². The van der Waals surface area contributed by atoms with Crippen molar-refractivity contribution in [2.24, 2.45) is 0 Å². The predicted octanol–water partition coefficient (Wildman–Crippen LogP) is 2.66. The molecule has 5 heteroatoms. The lowest BCUT2D eigenvalue weighted by atomic mass is 10.1. The molecule has 1 aliphatic rings. The van der Waals surface area contributed by atoms with Crippen molar-refractivity contribution in [3.05, 3.63) is 30.0 Å². The fraction of sp³-hybridized carbons (Fsp3) is 0.412. The van der Waals surface area contributed by atoms with Crippen LogP contribution in [0.4, 0.5) is 11.5 Å². The van der Waals surface area contributed by atoms with E-state index >= 15 is 0 Å². The van der Waals surface area contributed by atoms with Crippen LogP contribution in [0.5, 0.6) is 0 Å². The Morgan fingerprint density at radius 1 is 1.36 bits per heavy atom. The minimum absolute atomic E-state index is 0.448. The zero-order valence-corrected chi connectivity index (χ0v) is 13.2. The fourth-order valence-electron chi connectivity index (χ4n) is 3.22. The third-order valence-corrected chi connectivity index (χ3v) is 4.27. The summed E-state index contributed by atoms with van der Waals surface area (Å²) < 4.78 is 0. The van der Waals surface area contributed by atoms with Gasteiger partial charge in [0.2, 0.25) is 0 Å². The zero-order chi connectivity index (χ0) is 15.9. The number of rotatable bonds is 3. The van der Waals surface area contributed by atoms with Crippen molar-refractivity contribution in [3.8, 4) is 0 Å². The first kappa shape index (κ1) is 14.6. The van der Waals surface area contributed by atoms with E-state index < -0.39 is 12.0 Å². The van der Waals surface area contributed by atoms with E-state index in [0.717, 1.165) is 35.2 Å². The van der Waals surface area contributed by atoms with Crippen LogP contribution in [-0.2, 0) is 4.79 Å². The molecule has 3 rings (SSSR count). The molecule has 1 atom stereocenters. The van der Waals surface area contributed by atoms with Crippen LogP contribution in [0.3, 0.4) is 0 Å². The van der Waals surface area contributed by atoms with Gasteiger partial charge >= 0.3 is 5.97 Å². The van der Waals surface area contributed by atoms with E-state index in [1.165, 1.54) is 5.56 Å². The highest BCUT2D eigenvalue weighted by Crippen LogP contribution is 2.35. The molecule has 5 nitrogen and oxygen atoms in total. The van der Waals surface area contributed by atoms with Crippen molar-refractivity contribution in [2.45, 2.75) is 25.8 Å². The molecular formula is C17H21N3O2. The Bertz CT molecular complexity index is 727. The van der Waals surface area contributed by atoms with E-state index in [-0.39, 0.29) is 0 Å². The van der Waals surface area contributed by atoms with Gasteiger partial charge in [0.05, 0.1) is 11.9 Å². The van der Waals surface area contributed by atoms with E-state index in [2.05, 4.69) is 30.1 Å². The molecular weight excluding hydrogens is 278 g/mol. The Balaban J connectivity index is 2.19. The van der Waals surface area contributed by atoms with Crippen molar-refractivity contribution in [1.82, 2.24) is 4.98 Å². The number of carboxylic acids is 1. The van der Waals surface area contributed by atoms with Gasteiger partial charge in [-0.05, 0) is 25.8 Å². The van der Waals surface area contributed by atoms with Gasteiger partial charge in [0, 0.05) is 31.4 Å². The number of aliphatic carboxylic acids is 1. The molecule has 1 fully saturated rings. The quantitative estimate of drug-likeness (QED) is 0.944. The summed E-state index contributed by atoms with van der Waals surface area (Å²) in [4.78, 5) is 20.0. The van der Waals surface area contributed by atoms with Crippen molar-refractivity contribution in [1.29, 1.82) is 0 Å². The Morgan fingerprint density at radius 3 is 2.82 bits per heavy atom. The number of pyridine rings is 1. The van der Waals surface area contributed by atoms with Crippen LogP contribution >= 0.6 is 0 Å². The summed E-state index contributed by atoms with van der Waals surface area (Å²) in [7, 11) is 3.94. The number of benzene rings is 1. The highest BCUT2D eigenvalue weighted by atomic mass is 16.4. The predicted molar refractivity (Wildman–Crippen MR) is 88.8 cm³/mol. The summed E-state index contributed by atoms with van der Waals surface area (Å²) >= 11 is 0. The number of hydrogen-bond donors (Lipinski definition) is 1. The molecule has 0 spiro atoms. The molecule has 1 aromatic carbocycles. The third kappa shape index (κ3) is 2.36. The van der Waals surface area contributed by atoms with Gasteiger partial charge in [0.15, 0.2) is 0 Å². The summed E-state index contributed by atoms with van der Waals surface area (Å²) in [5.41, 5.74) is 2.09. The van der Waals surface area contributed by atoms with Gasteiger partial charge in [0.25, 0.3) is 0 Å². The largest absolute Gasteiger partial charge is 0.480 e. The molecule has 0 saturated carbocycles. The highest BCUT2D eigenvalue weighted by Gasteiger charge is 2.32. The first-order valence-electron chi connectivity index (χ1n) is 7.55. The first-order chi connectivity index (χ1) is 10.5. The number of aryl methyl sites for hydroxylation is 1. The molecule has 1 N–H and O–H groups in total. The normalized spacial score (nSPS) is 18.0. The molecule has 1 aliphatic heterocycles. The van der Waals surface area contributed by atoms with Gasteiger partial charge in [-0.1, -0.05) is 17.7 Å². The van der Waals surface area contributed by atoms with E-state index in [1.54, 1.807) is 0 Å². The number of aromatic nitrogens is 1. The fourth-order valence-corrected chi connectivity index (χ4v) is 3.22. The van der Waals surface area contributed by atoms with Crippen LogP contribution in [0.2, 0.25) is 0 Å². The molecule has 1 unspecified atom stereocenters. The number of carboxylic acid groups (broad SMARTS) is 1. The van der Waals surface area contributed by atoms with Gasteiger partial charge in [-0.3, -0.25) is 0 Å². The maximum Gasteiger partial charge on any atom is 0.326 e. The molecule has 0 aliphatic carbocycles. The molecule has 2 aromatic rings. The molecule has 0 bridgehead atoms. The average molecular weight is 299 g/mol. The molecule has 2 heterocycles. The van der Waals surface area contributed by atoms with Crippen LogP contribution in [0.25, 0.3) is 10.8 Å². The van der Waals surface area contributed by atoms with E-state index in [1.807, 2.05) is 30.1 Å². The average Bonchev–Trinajstić information content (AvgIpc) is 2.94. The van der Waals surface area contributed by atoms with Crippen molar-refractivity contribution < 1.29 is 9.90 Å². The Hall–Kier alpha value is -2.30. The van der Waals surface area contributed by atoms with Crippen LogP contribution in [-0.4, -0.2) is 42.7 Å². The maximum absolute atomic E-state index is 11.5. The smallest absolute Gasteiger partial charge is 0.326 e. The van der Waals surface area contributed by atoms with Crippen molar-refractivity contribution >= 4 is 28.2 Å². The second-order valence-corrected chi connectivity index (χ2v) is 6.10. The molecule has 116 valence electrons. The van der Waals surface area contributed by atoms with E-state index in [9.17, 15) is 9.90 Å². The summed E-state index contributed by atoms with van der Waals surface area (Å²) in [6.07, 6.45) is 3.41. The second-order valence-electron chi connectivity index (χ2n) is 6.10. The Kier molecular flexibility index (Phi) is 3.64.